The third kappa shape index (κ3) is 4.73. The van der Waals surface area contributed by atoms with E-state index in [0.717, 1.165) is 12.1 Å². The summed E-state index contributed by atoms with van der Waals surface area (Å²) in [7, 11) is 0. The number of benzene rings is 2. The number of anilines is 3. The number of ether oxygens (including phenoxy) is 1. The average Bonchev–Trinajstić information content (AvgIpc) is 2.95. The van der Waals surface area contributed by atoms with Gasteiger partial charge in [-0.25, -0.2) is 9.78 Å². The average molecular weight is 392 g/mol. The van der Waals surface area contributed by atoms with Crippen molar-refractivity contribution in [3.05, 3.63) is 48.0 Å². The molecule has 0 radical (unpaired) electrons. The number of alkyl halides is 3. The number of hydrogen-bond donors (Lipinski definition) is 3. The fraction of sp³-hybridized carbons (Fsp3) is 0.263. The molecule has 6 nitrogen and oxygen atoms in total. The number of carbonyl (C=O) groups excluding carboxylic acids is 1. The molecule has 0 unspecified atom stereocenters. The van der Waals surface area contributed by atoms with Gasteiger partial charge in [0.15, 0.2) is 0 Å². The minimum Gasteiger partial charge on any atom is -0.444 e. The van der Waals surface area contributed by atoms with Gasteiger partial charge in [-0.05, 0) is 51.1 Å². The first-order valence-electron chi connectivity index (χ1n) is 8.44. The summed E-state index contributed by atoms with van der Waals surface area (Å²) in [5.41, 5.74) is 0.156. The number of carbonyl (C=O) groups is 1. The number of nitrogens with one attached hydrogen (secondary N) is 3. The topological polar surface area (TPSA) is 79.0 Å². The third-order valence-corrected chi connectivity index (χ3v) is 3.62. The summed E-state index contributed by atoms with van der Waals surface area (Å²) in [5, 5.41) is 5.61. The van der Waals surface area contributed by atoms with Crippen LogP contribution in [0.25, 0.3) is 11.0 Å². The Kier molecular flexibility index (Phi) is 4.93. The molecule has 3 N–H and O–H groups in total. The van der Waals surface area contributed by atoms with Crippen LogP contribution in [0, 0.1) is 0 Å². The first-order valence-corrected chi connectivity index (χ1v) is 8.44. The second-order valence-corrected chi connectivity index (χ2v) is 7.11. The molecule has 0 bridgehead atoms. The lowest BCUT2D eigenvalue weighted by Gasteiger charge is -2.20. The van der Waals surface area contributed by atoms with E-state index in [2.05, 4.69) is 20.6 Å². The van der Waals surface area contributed by atoms with E-state index in [1.165, 1.54) is 6.07 Å². The number of rotatable bonds is 3. The van der Waals surface area contributed by atoms with Crippen molar-refractivity contribution in [2.75, 3.05) is 10.6 Å². The zero-order chi connectivity index (χ0) is 20.5. The molecule has 148 valence electrons. The number of aromatic nitrogens is 2. The molecular formula is C19H19F3N4O2. The lowest BCUT2D eigenvalue weighted by molar-refractivity contribution is -0.137. The number of H-pyrrole nitrogens is 1. The van der Waals surface area contributed by atoms with Crippen LogP contribution in [0.4, 0.5) is 35.3 Å². The molecule has 1 amide bonds. The zero-order valence-electron chi connectivity index (χ0n) is 15.4. The van der Waals surface area contributed by atoms with Crippen LogP contribution in [0.3, 0.4) is 0 Å². The highest BCUT2D eigenvalue weighted by molar-refractivity contribution is 5.90. The van der Waals surface area contributed by atoms with Crippen molar-refractivity contribution in [1.29, 1.82) is 0 Å². The van der Waals surface area contributed by atoms with E-state index in [4.69, 9.17) is 4.74 Å². The van der Waals surface area contributed by atoms with Crippen LogP contribution in [0.1, 0.15) is 26.3 Å². The second kappa shape index (κ2) is 7.06. The standard InChI is InChI=1S/C19H19F3N4O2/c1-18(2,3)28-17(27)26-13-7-5-4-6-12(13)23-16-24-14-9-8-11(19(20,21)22)10-15(14)25-16/h4-10H,1-3H3,(H,26,27)(H2,23,24,25). The van der Waals surface area contributed by atoms with Gasteiger partial charge in [-0.15, -0.1) is 0 Å². The van der Waals surface area contributed by atoms with E-state index in [1.807, 2.05) is 0 Å². The molecule has 3 aromatic rings. The predicted octanol–water partition coefficient (Wildman–Crippen LogP) is 5.67. The van der Waals surface area contributed by atoms with Crippen molar-refractivity contribution in [1.82, 2.24) is 9.97 Å². The molecule has 0 fully saturated rings. The third-order valence-electron chi connectivity index (χ3n) is 3.62. The quantitative estimate of drug-likeness (QED) is 0.536. The number of aromatic amines is 1. The summed E-state index contributed by atoms with van der Waals surface area (Å²) >= 11 is 0. The number of imidazole rings is 1. The predicted molar refractivity (Wildman–Crippen MR) is 101 cm³/mol. The molecule has 2 aromatic carbocycles. The Morgan fingerprint density at radius 1 is 1.07 bits per heavy atom. The molecule has 0 saturated carbocycles. The smallest absolute Gasteiger partial charge is 0.416 e. The van der Waals surface area contributed by atoms with E-state index in [-0.39, 0.29) is 11.5 Å². The first-order chi connectivity index (χ1) is 13.0. The van der Waals surface area contributed by atoms with Crippen molar-refractivity contribution in [3.63, 3.8) is 0 Å². The molecule has 28 heavy (non-hydrogen) atoms. The fourth-order valence-corrected chi connectivity index (χ4v) is 2.49. The Hall–Kier alpha value is -3.23. The molecule has 0 aliphatic heterocycles. The van der Waals surface area contributed by atoms with Crippen LogP contribution in [0.2, 0.25) is 0 Å². The number of halogens is 3. The number of nitrogens with zero attached hydrogens (tertiary/aromatic N) is 1. The number of amides is 1. The summed E-state index contributed by atoms with van der Waals surface area (Å²) in [5.74, 6) is 0.243. The highest BCUT2D eigenvalue weighted by Gasteiger charge is 2.30. The van der Waals surface area contributed by atoms with Crippen molar-refractivity contribution >= 4 is 34.4 Å². The van der Waals surface area contributed by atoms with Gasteiger partial charge in [0, 0.05) is 0 Å². The maximum absolute atomic E-state index is 12.9. The Morgan fingerprint density at radius 3 is 2.39 bits per heavy atom. The molecule has 0 saturated heterocycles. The van der Waals surface area contributed by atoms with Gasteiger partial charge in [0.05, 0.1) is 28.0 Å². The molecule has 0 atom stereocenters. The van der Waals surface area contributed by atoms with E-state index < -0.39 is 23.4 Å². The van der Waals surface area contributed by atoms with Crippen LogP contribution in [-0.4, -0.2) is 21.7 Å². The first kappa shape index (κ1) is 19.5. The van der Waals surface area contributed by atoms with Crippen LogP contribution >= 0.6 is 0 Å². The van der Waals surface area contributed by atoms with E-state index in [0.29, 0.717) is 16.9 Å². The Labute approximate surface area is 159 Å². The maximum atomic E-state index is 12.9. The van der Waals surface area contributed by atoms with Gasteiger partial charge in [-0.3, -0.25) is 5.32 Å². The monoisotopic (exact) mass is 392 g/mol. The maximum Gasteiger partial charge on any atom is 0.416 e. The van der Waals surface area contributed by atoms with E-state index in [1.54, 1.807) is 45.0 Å². The lowest BCUT2D eigenvalue weighted by Crippen LogP contribution is -2.27. The number of para-hydroxylation sites is 2. The molecule has 0 aliphatic carbocycles. The van der Waals surface area contributed by atoms with Gasteiger partial charge in [0.1, 0.15) is 5.60 Å². The van der Waals surface area contributed by atoms with Gasteiger partial charge >= 0.3 is 12.3 Å². The molecule has 0 aliphatic rings. The van der Waals surface area contributed by atoms with Crippen LogP contribution in [0.5, 0.6) is 0 Å². The highest BCUT2D eigenvalue weighted by atomic mass is 19.4. The van der Waals surface area contributed by atoms with Gasteiger partial charge in [-0.2, -0.15) is 13.2 Å². The lowest BCUT2D eigenvalue weighted by atomic mass is 10.2. The largest absolute Gasteiger partial charge is 0.444 e. The van der Waals surface area contributed by atoms with Crippen molar-refractivity contribution in [2.45, 2.75) is 32.5 Å². The number of fused-ring (bicyclic) bond motifs is 1. The molecule has 3 rings (SSSR count). The van der Waals surface area contributed by atoms with Crippen molar-refractivity contribution in [2.24, 2.45) is 0 Å². The summed E-state index contributed by atoms with van der Waals surface area (Å²) in [4.78, 5) is 19.1. The van der Waals surface area contributed by atoms with Gasteiger partial charge < -0.3 is 15.0 Å². The highest BCUT2D eigenvalue weighted by Crippen LogP contribution is 2.32. The van der Waals surface area contributed by atoms with Crippen LogP contribution in [0.15, 0.2) is 42.5 Å². The van der Waals surface area contributed by atoms with Gasteiger partial charge in [0.25, 0.3) is 0 Å². The van der Waals surface area contributed by atoms with Gasteiger partial charge in [-0.1, -0.05) is 12.1 Å². The van der Waals surface area contributed by atoms with Crippen LogP contribution in [-0.2, 0) is 10.9 Å². The SMILES string of the molecule is CC(C)(C)OC(=O)Nc1ccccc1Nc1nc2ccc(C(F)(F)F)cc2[nH]1. The zero-order valence-corrected chi connectivity index (χ0v) is 15.4. The van der Waals surface area contributed by atoms with Crippen LogP contribution < -0.4 is 10.6 Å². The molecule has 1 heterocycles. The normalized spacial score (nSPS) is 12.1. The molecule has 1 aromatic heterocycles. The molecule has 9 heteroatoms. The van der Waals surface area contributed by atoms with Gasteiger partial charge in [0.2, 0.25) is 5.95 Å². The Bertz CT molecular complexity index is 1010. The summed E-state index contributed by atoms with van der Waals surface area (Å²) in [6, 6.07) is 10.1. The molecule has 0 spiro atoms. The summed E-state index contributed by atoms with van der Waals surface area (Å²) in [6.45, 7) is 5.25. The number of hydrogen-bond acceptors (Lipinski definition) is 4. The summed E-state index contributed by atoms with van der Waals surface area (Å²) < 4.78 is 43.8. The van der Waals surface area contributed by atoms with Crippen molar-refractivity contribution < 1.29 is 22.7 Å². The van der Waals surface area contributed by atoms with Crippen molar-refractivity contribution in [3.8, 4) is 0 Å². The summed E-state index contributed by atoms with van der Waals surface area (Å²) in [6.07, 6.45) is -5.06. The van der Waals surface area contributed by atoms with E-state index in [9.17, 15) is 18.0 Å². The Balaban J connectivity index is 1.83. The minimum absolute atomic E-state index is 0.243. The molecular weight excluding hydrogens is 373 g/mol. The fourth-order valence-electron chi connectivity index (χ4n) is 2.49. The van der Waals surface area contributed by atoms with E-state index >= 15 is 0 Å². The Morgan fingerprint density at radius 2 is 1.75 bits per heavy atom. The second-order valence-electron chi connectivity index (χ2n) is 7.11. The minimum atomic E-state index is -4.43.